The van der Waals surface area contributed by atoms with Crippen LogP contribution in [0.3, 0.4) is 0 Å². The van der Waals surface area contributed by atoms with Crippen molar-refractivity contribution in [1.82, 2.24) is 9.97 Å². The molecule has 1 rings (SSSR count). The van der Waals surface area contributed by atoms with Gasteiger partial charge in [0.15, 0.2) is 0 Å². The van der Waals surface area contributed by atoms with E-state index < -0.39 is 0 Å². The Balaban J connectivity index is 3.05. The third-order valence-electron chi connectivity index (χ3n) is 0.635. The van der Waals surface area contributed by atoms with Crippen LogP contribution in [0.2, 0.25) is 0 Å². The summed E-state index contributed by atoms with van der Waals surface area (Å²) in [6.45, 7) is 0. The maximum atomic E-state index is 3.86. The van der Waals surface area contributed by atoms with Crippen molar-refractivity contribution in [2.24, 2.45) is 0 Å². The molecule has 1 aromatic heterocycles. The van der Waals surface area contributed by atoms with Crippen molar-refractivity contribution in [2.45, 2.75) is 0 Å². The van der Waals surface area contributed by atoms with Crippen molar-refractivity contribution in [3.63, 3.8) is 0 Å². The molecule has 1 heterocycles. The summed E-state index contributed by atoms with van der Waals surface area (Å²) in [6, 6.07) is 0. The minimum atomic E-state index is 1.04. The third kappa shape index (κ3) is 0.648. The molecular formula is C3H3LiN2. The van der Waals surface area contributed by atoms with Crippen molar-refractivity contribution < 1.29 is 0 Å². The predicted molar refractivity (Wildman–Crippen MR) is 24.0 cm³/mol. The second-order valence-corrected chi connectivity index (χ2v) is 1.21. The first-order chi connectivity index (χ1) is 2.89. The van der Waals surface area contributed by atoms with Gasteiger partial charge in [0.1, 0.15) is 0 Å². The van der Waals surface area contributed by atoms with E-state index in [-0.39, 0.29) is 0 Å². The average Bonchev–Trinajstić information content (AvgIpc) is 1.86. The van der Waals surface area contributed by atoms with Crippen LogP contribution in [0.15, 0.2) is 12.5 Å². The Hall–Kier alpha value is -0.193. The molecule has 0 aliphatic carbocycles. The quantitative estimate of drug-likeness (QED) is 0.401. The van der Waals surface area contributed by atoms with Gasteiger partial charge in [-0.25, -0.2) is 0 Å². The molecule has 3 heteroatoms. The summed E-state index contributed by atoms with van der Waals surface area (Å²) in [5.41, 5.74) is 0. The first-order valence-corrected chi connectivity index (χ1v) is 1.85. The van der Waals surface area contributed by atoms with Crippen LogP contribution in [0.4, 0.5) is 0 Å². The number of rotatable bonds is 0. The summed E-state index contributed by atoms with van der Waals surface area (Å²) in [5, 5.41) is 0. The van der Waals surface area contributed by atoms with Crippen LogP contribution in [0.1, 0.15) is 0 Å². The summed E-state index contributed by atoms with van der Waals surface area (Å²) in [5.74, 6) is 0. The van der Waals surface area contributed by atoms with Crippen LogP contribution in [0, 0.1) is 0 Å². The molecule has 0 fully saturated rings. The van der Waals surface area contributed by atoms with Gasteiger partial charge >= 0.3 is 44.6 Å². The number of imidazole rings is 1. The summed E-state index contributed by atoms with van der Waals surface area (Å²) in [7, 11) is 0. The molecule has 1 N–H and O–H groups in total. The zero-order chi connectivity index (χ0) is 4.41. The van der Waals surface area contributed by atoms with E-state index in [1.165, 1.54) is 0 Å². The van der Waals surface area contributed by atoms with Crippen molar-refractivity contribution >= 4 is 22.1 Å². The maximum absolute atomic E-state index is 3.86. The topological polar surface area (TPSA) is 28.7 Å². The van der Waals surface area contributed by atoms with Crippen LogP contribution in [0.25, 0.3) is 0 Å². The van der Waals surface area contributed by atoms with Gasteiger partial charge in [-0.05, 0) is 0 Å². The number of nitrogens with one attached hydrogen (secondary N) is 1. The number of H-pyrrole nitrogens is 1. The van der Waals surface area contributed by atoms with Gasteiger partial charge in [0.05, 0.1) is 0 Å². The van der Waals surface area contributed by atoms with Gasteiger partial charge in [0.2, 0.25) is 0 Å². The monoisotopic (exact) mass is 74.0 g/mol. The first-order valence-electron chi connectivity index (χ1n) is 1.85. The number of hydrogen-bond acceptors (Lipinski definition) is 1. The van der Waals surface area contributed by atoms with Crippen LogP contribution in [-0.4, -0.2) is 27.7 Å². The molecule has 26 valence electrons. The molecule has 0 unspecified atom stereocenters. The van der Waals surface area contributed by atoms with Crippen LogP contribution >= 0.6 is 0 Å². The molecule has 0 atom stereocenters. The Morgan fingerprint density at radius 1 is 1.83 bits per heavy atom. The number of hydrogen-bond donors (Lipinski definition) is 1. The molecule has 0 radical (unpaired) electrons. The van der Waals surface area contributed by atoms with Crippen molar-refractivity contribution in [3.05, 3.63) is 12.5 Å². The van der Waals surface area contributed by atoms with Crippen LogP contribution < -0.4 is 4.37 Å². The zero-order valence-corrected chi connectivity index (χ0v) is 3.60. The normalized spacial score (nSPS) is 9.00. The Morgan fingerprint density at radius 3 is 2.83 bits per heavy atom. The minimum absolute atomic E-state index is 1.04. The van der Waals surface area contributed by atoms with Crippen LogP contribution in [-0.2, 0) is 0 Å². The van der Waals surface area contributed by atoms with Gasteiger partial charge in [-0.2, -0.15) is 0 Å². The molecule has 0 saturated heterocycles. The molecule has 0 amide bonds. The van der Waals surface area contributed by atoms with E-state index in [2.05, 4.69) is 9.97 Å². The second kappa shape index (κ2) is 1.50. The molecule has 2 nitrogen and oxygen atoms in total. The number of aromatic amines is 1. The van der Waals surface area contributed by atoms with Crippen molar-refractivity contribution in [3.8, 4) is 0 Å². The molecule has 6 heavy (non-hydrogen) atoms. The molecule has 0 spiro atoms. The van der Waals surface area contributed by atoms with Crippen LogP contribution in [0.5, 0.6) is 0 Å². The van der Waals surface area contributed by atoms with E-state index in [9.17, 15) is 0 Å². The van der Waals surface area contributed by atoms with E-state index >= 15 is 0 Å². The van der Waals surface area contributed by atoms with Gasteiger partial charge in [-0.1, -0.05) is 0 Å². The van der Waals surface area contributed by atoms with Gasteiger partial charge in [0, 0.05) is 0 Å². The standard InChI is InChI=1S/C3H3N2.Li/c1-2-5-3-4-1;/h1,3H,(H,4,5);. The van der Waals surface area contributed by atoms with E-state index in [1.807, 2.05) is 23.9 Å². The van der Waals surface area contributed by atoms with Gasteiger partial charge in [0.25, 0.3) is 0 Å². The fourth-order valence-corrected chi connectivity index (χ4v) is 0.334. The first kappa shape index (κ1) is 3.98. The fraction of sp³-hybridized carbons (Fsp3) is 0. The molecule has 0 aliphatic rings. The summed E-state index contributed by atoms with van der Waals surface area (Å²) >= 11 is 1.94. The van der Waals surface area contributed by atoms with Crippen molar-refractivity contribution in [1.29, 1.82) is 0 Å². The van der Waals surface area contributed by atoms with Crippen molar-refractivity contribution in [2.75, 3.05) is 0 Å². The number of aromatic nitrogens is 2. The predicted octanol–water partition coefficient (Wildman–Crippen LogP) is -0.796. The van der Waals surface area contributed by atoms with E-state index in [4.69, 9.17) is 0 Å². The van der Waals surface area contributed by atoms with E-state index in [0.29, 0.717) is 0 Å². The molecular weight excluding hydrogens is 71.0 g/mol. The molecule has 1 aromatic rings. The van der Waals surface area contributed by atoms with Gasteiger partial charge in [-0.15, -0.1) is 0 Å². The molecule has 0 saturated carbocycles. The van der Waals surface area contributed by atoms with E-state index in [0.717, 1.165) is 4.37 Å². The SMILES string of the molecule is [Li][c]1c[nH]cn1. The Kier molecular flexibility index (Phi) is 0.997. The fourth-order valence-electron chi connectivity index (χ4n) is 0.334. The molecule has 0 bridgehead atoms. The summed E-state index contributed by atoms with van der Waals surface area (Å²) < 4.78 is 1.04. The van der Waals surface area contributed by atoms with E-state index in [1.54, 1.807) is 6.33 Å². The molecule has 0 aromatic carbocycles. The zero-order valence-electron chi connectivity index (χ0n) is 3.60. The Morgan fingerprint density at radius 2 is 2.67 bits per heavy atom. The third-order valence-corrected chi connectivity index (χ3v) is 0.635. The Bertz CT molecular complexity index is 112. The van der Waals surface area contributed by atoms with Gasteiger partial charge < -0.3 is 0 Å². The molecule has 0 aliphatic heterocycles. The number of nitrogens with zero attached hydrogens (tertiary/aromatic N) is 1. The summed E-state index contributed by atoms with van der Waals surface area (Å²) in [6.07, 6.45) is 3.51. The average molecular weight is 74.0 g/mol. The second-order valence-electron chi connectivity index (χ2n) is 1.21. The van der Waals surface area contributed by atoms with Gasteiger partial charge in [-0.3, -0.25) is 0 Å². The summed E-state index contributed by atoms with van der Waals surface area (Å²) in [4.78, 5) is 6.68. The Labute approximate surface area is 45.2 Å².